The molecule has 0 radical (unpaired) electrons. The Morgan fingerprint density at radius 2 is 2.21 bits per heavy atom. The third-order valence-electron chi connectivity index (χ3n) is 2.23. The van der Waals surface area contributed by atoms with Gasteiger partial charge in [0.25, 0.3) is 0 Å². The second kappa shape index (κ2) is 5.41. The van der Waals surface area contributed by atoms with E-state index in [2.05, 4.69) is 9.71 Å². The number of rotatable bonds is 4. The van der Waals surface area contributed by atoms with Gasteiger partial charge in [-0.25, -0.2) is 22.5 Å². The molecule has 0 saturated heterocycles. The molecule has 19 heavy (non-hydrogen) atoms. The smallest absolute Gasteiger partial charge is 0.243 e. The van der Waals surface area contributed by atoms with Gasteiger partial charge in [-0.3, -0.25) is 0 Å². The number of nitrogens with two attached hydrogens (primary N) is 1. The van der Waals surface area contributed by atoms with Crippen molar-refractivity contribution < 1.29 is 12.8 Å². The standard InChI is InChI=1S/C10H9ClFN3O2S2/c11-8-1-6(13)2-9(10(8)12)19(16,17)15-3-7-4-18-5-14-7/h1-2,4-5,15H,3,13H2. The van der Waals surface area contributed by atoms with Gasteiger partial charge in [0.2, 0.25) is 10.0 Å². The van der Waals surface area contributed by atoms with Gasteiger partial charge in [-0.1, -0.05) is 11.6 Å². The minimum atomic E-state index is -4.04. The summed E-state index contributed by atoms with van der Waals surface area (Å²) in [6, 6.07) is 2.17. The molecule has 3 N–H and O–H groups in total. The minimum Gasteiger partial charge on any atom is -0.399 e. The molecule has 1 aromatic heterocycles. The van der Waals surface area contributed by atoms with Gasteiger partial charge >= 0.3 is 0 Å². The van der Waals surface area contributed by atoms with Crippen molar-refractivity contribution in [2.24, 2.45) is 0 Å². The number of halogens is 2. The monoisotopic (exact) mass is 321 g/mol. The van der Waals surface area contributed by atoms with Crippen molar-refractivity contribution in [1.29, 1.82) is 0 Å². The SMILES string of the molecule is Nc1cc(Cl)c(F)c(S(=O)(=O)NCc2cscn2)c1. The Hall–Kier alpha value is -1.22. The van der Waals surface area contributed by atoms with Crippen molar-refractivity contribution in [3.8, 4) is 0 Å². The lowest BCUT2D eigenvalue weighted by molar-refractivity contribution is 0.556. The first kappa shape index (κ1) is 14.2. The lowest BCUT2D eigenvalue weighted by Gasteiger charge is -2.08. The molecule has 0 amide bonds. The number of benzene rings is 1. The molecule has 0 saturated carbocycles. The van der Waals surface area contributed by atoms with Crippen LogP contribution < -0.4 is 10.5 Å². The van der Waals surface area contributed by atoms with Gasteiger partial charge in [0.1, 0.15) is 4.90 Å². The maximum Gasteiger partial charge on any atom is 0.243 e. The maximum atomic E-state index is 13.7. The van der Waals surface area contributed by atoms with E-state index in [0.717, 1.165) is 12.1 Å². The molecule has 0 aliphatic rings. The summed E-state index contributed by atoms with van der Waals surface area (Å²) in [5, 5.41) is 1.35. The van der Waals surface area contributed by atoms with Gasteiger partial charge in [0.05, 0.1) is 22.8 Å². The summed E-state index contributed by atoms with van der Waals surface area (Å²) in [6.45, 7) is -0.0301. The molecule has 2 aromatic rings. The maximum absolute atomic E-state index is 13.7. The normalized spacial score (nSPS) is 11.7. The summed E-state index contributed by atoms with van der Waals surface area (Å²) in [7, 11) is -4.04. The molecule has 1 aromatic carbocycles. The number of aromatic nitrogens is 1. The van der Waals surface area contributed by atoms with Gasteiger partial charge in [0, 0.05) is 11.1 Å². The summed E-state index contributed by atoms with van der Waals surface area (Å²) in [5.74, 6) is -1.03. The third-order valence-corrected chi connectivity index (χ3v) is 4.54. The van der Waals surface area contributed by atoms with Crippen molar-refractivity contribution in [2.75, 3.05) is 5.73 Å². The largest absolute Gasteiger partial charge is 0.399 e. The molecule has 0 spiro atoms. The van der Waals surface area contributed by atoms with E-state index in [9.17, 15) is 12.8 Å². The van der Waals surface area contributed by atoms with Gasteiger partial charge in [-0.05, 0) is 12.1 Å². The van der Waals surface area contributed by atoms with Crippen LogP contribution in [0, 0.1) is 5.82 Å². The van der Waals surface area contributed by atoms with Crippen LogP contribution in [0.3, 0.4) is 0 Å². The Morgan fingerprint density at radius 3 is 2.84 bits per heavy atom. The number of nitrogens with zero attached hydrogens (tertiary/aromatic N) is 1. The number of hydrogen-bond acceptors (Lipinski definition) is 5. The Balaban J connectivity index is 2.29. The number of sulfonamides is 1. The predicted octanol–water partition coefficient (Wildman–Crippen LogP) is 2.00. The van der Waals surface area contributed by atoms with Crippen molar-refractivity contribution in [3.63, 3.8) is 0 Å². The fourth-order valence-corrected chi connectivity index (χ4v) is 3.32. The highest BCUT2D eigenvalue weighted by atomic mass is 35.5. The zero-order valence-corrected chi connectivity index (χ0v) is 11.8. The highest BCUT2D eigenvalue weighted by molar-refractivity contribution is 7.89. The molecular weight excluding hydrogens is 313 g/mol. The molecule has 0 fully saturated rings. The fourth-order valence-electron chi connectivity index (χ4n) is 1.35. The zero-order chi connectivity index (χ0) is 14.0. The number of thiazole rings is 1. The molecule has 0 aliphatic heterocycles. The summed E-state index contributed by atoms with van der Waals surface area (Å²) >= 11 is 6.90. The lowest BCUT2D eigenvalue weighted by Crippen LogP contribution is -2.24. The van der Waals surface area contributed by atoms with Gasteiger partial charge in [-0.15, -0.1) is 11.3 Å². The first-order valence-electron chi connectivity index (χ1n) is 5.01. The predicted molar refractivity (Wildman–Crippen MR) is 72.0 cm³/mol. The molecule has 2 rings (SSSR count). The minimum absolute atomic E-state index is 0.0301. The van der Waals surface area contributed by atoms with E-state index < -0.39 is 20.7 Å². The molecule has 0 atom stereocenters. The number of hydrogen-bond donors (Lipinski definition) is 2. The summed E-state index contributed by atoms with van der Waals surface area (Å²) in [5.41, 5.74) is 7.65. The van der Waals surface area contributed by atoms with E-state index in [1.807, 2.05) is 0 Å². The second-order valence-corrected chi connectivity index (χ2v) is 6.48. The number of anilines is 1. The van der Waals surface area contributed by atoms with E-state index >= 15 is 0 Å². The average Bonchev–Trinajstić information content (AvgIpc) is 2.84. The second-order valence-electron chi connectivity index (χ2n) is 3.62. The molecule has 0 bridgehead atoms. The first-order valence-corrected chi connectivity index (χ1v) is 7.82. The highest BCUT2D eigenvalue weighted by Crippen LogP contribution is 2.25. The Bertz CT molecular complexity index is 689. The first-order chi connectivity index (χ1) is 8.90. The van der Waals surface area contributed by atoms with E-state index in [0.29, 0.717) is 5.69 Å². The summed E-state index contributed by atoms with van der Waals surface area (Å²) in [4.78, 5) is 3.34. The van der Waals surface area contributed by atoms with Crippen molar-refractivity contribution in [2.45, 2.75) is 11.4 Å². The average molecular weight is 322 g/mol. The third kappa shape index (κ3) is 3.21. The van der Waals surface area contributed by atoms with Gasteiger partial charge in [-0.2, -0.15) is 0 Å². The van der Waals surface area contributed by atoms with Crippen LogP contribution in [0.4, 0.5) is 10.1 Å². The zero-order valence-electron chi connectivity index (χ0n) is 9.43. The Labute approximate surface area is 118 Å². The van der Waals surface area contributed by atoms with E-state index in [4.69, 9.17) is 17.3 Å². The van der Waals surface area contributed by atoms with Crippen LogP contribution in [0.2, 0.25) is 5.02 Å². The molecule has 1 heterocycles. The highest BCUT2D eigenvalue weighted by Gasteiger charge is 2.21. The molecule has 0 unspecified atom stereocenters. The van der Waals surface area contributed by atoms with E-state index in [-0.39, 0.29) is 17.3 Å². The van der Waals surface area contributed by atoms with Crippen LogP contribution in [0.15, 0.2) is 27.9 Å². The van der Waals surface area contributed by atoms with Crippen LogP contribution in [0.5, 0.6) is 0 Å². The molecule has 9 heteroatoms. The topological polar surface area (TPSA) is 85.1 Å². The summed E-state index contributed by atoms with van der Waals surface area (Å²) < 4.78 is 39.9. The van der Waals surface area contributed by atoms with E-state index in [1.54, 1.807) is 10.9 Å². The molecular formula is C10H9ClFN3O2S2. The number of nitrogen functional groups attached to an aromatic ring is 1. The molecule has 5 nitrogen and oxygen atoms in total. The van der Waals surface area contributed by atoms with Crippen molar-refractivity contribution in [1.82, 2.24) is 9.71 Å². The Morgan fingerprint density at radius 1 is 1.47 bits per heavy atom. The van der Waals surface area contributed by atoms with E-state index in [1.165, 1.54) is 11.3 Å². The lowest BCUT2D eigenvalue weighted by atomic mass is 10.3. The van der Waals surface area contributed by atoms with Crippen molar-refractivity contribution >= 4 is 38.6 Å². The number of nitrogens with one attached hydrogen (secondary N) is 1. The quantitative estimate of drug-likeness (QED) is 0.843. The van der Waals surface area contributed by atoms with Gasteiger partial charge in [0.15, 0.2) is 5.82 Å². The van der Waals surface area contributed by atoms with Crippen LogP contribution in [-0.4, -0.2) is 13.4 Å². The fraction of sp³-hybridized carbons (Fsp3) is 0.100. The van der Waals surface area contributed by atoms with Crippen LogP contribution in [-0.2, 0) is 16.6 Å². The van der Waals surface area contributed by atoms with Crippen LogP contribution in [0.25, 0.3) is 0 Å². The van der Waals surface area contributed by atoms with Crippen LogP contribution >= 0.6 is 22.9 Å². The van der Waals surface area contributed by atoms with Crippen LogP contribution in [0.1, 0.15) is 5.69 Å². The Kier molecular flexibility index (Phi) is 4.04. The van der Waals surface area contributed by atoms with Gasteiger partial charge < -0.3 is 5.73 Å². The van der Waals surface area contributed by atoms with Crippen molar-refractivity contribution in [3.05, 3.63) is 39.6 Å². The molecule has 0 aliphatic carbocycles. The molecule has 102 valence electrons. The summed E-state index contributed by atoms with van der Waals surface area (Å²) in [6.07, 6.45) is 0.